The van der Waals surface area contributed by atoms with Crippen molar-refractivity contribution in [3.8, 4) is 0 Å². The van der Waals surface area contributed by atoms with Gasteiger partial charge in [-0.05, 0) is 74.7 Å². The summed E-state index contributed by atoms with van der Waals surface area (Å²) in [4.78, 5) is 28.4. The highest BCUT2D eigenvalue weighted by Gasteiger charge is 2.32. The van der Waals surface area contributed by atoms with E-state index >= 15 is 0 Å². The Bertz CT molecular complexity index is 1420. The van der Waals surface area contributed by atoms with E-state index < -0.39 is 28.5 Å². The number of aryl methyl sites for hydroxylation is 1. The number of nitrogens with zero attached hydrogens (tertiary/aromatic N) is 2. The Balaban J connectivity index is 2.03. The predicted molar refractivity (Wildman–Crippen MR) is 157 cm³/mol. The molecule has 0 saturated carbocycles. The zero-order valence-electron chi connectivity index (χ0n) is 22.4. The zero-order chi connectivity index (χ0) is 28.7. The van der Waals surface area contributed by atoms with E-state index in [1.54, 1.807) is 61.5 Å². The fourth-order valence-electron chi connectivity index (χ4n) is 3.91. The molecule has 1 N–H and O–H groups in total. The van der Waals surface area contributed by atoms with Gasteiger partial charge >= 0.3 is 0 Å². The fourth-order valence-corrected chi connectivity index (χ4v) is 5.66. The average Bonchev–Trinajstić information content (AvgIpc) is 2.92. The van der Waals surface area contributed by atoms with Gasteiger partial charge in [-0.15, -0.1) is 0 Å². The van der Waals surface area contributed by atoms with E-state index in [1.807, 2.05) is 26.8 Å². The fraction of sp³-hybridized carbons (Fsp3) is 0.310. The van der Waals surface area contributed by atoms with Crippen LogP contribution in [0, 0.1) is 6.92 Å². The summed E-state index contributed by atoms with van der Waals surface area (Å²) >= 11 is 12.3. The number of nitrogens with one attached hydrogen (secondary N) is 1. The molecule has 0 aliphatic rings. The molecule has 0 bridgehead atoms. The summed E-state index contributed by atoms with van der Waals surface area (Å²) in [7, 11) is -4.11. The second-order valence-corrected chi connectivity index (χ2v) is 12.1. The van der Waals surface area contributed by atoms with E-state index in [-0.39, 0.29) is 23.4 Å². The number of carbonyl (C=O) groups excluding carboxylic acids is 2. The molecule has 3 aromatic rings. The van der Waals surface area contributed by atoms with Crippen molar-refractivity contribution < 1.29 is 18.0 Å². The van der Waals surface area contributed by atoms with Gasteiger partial charge in [-0.3, -0.25) is 13.9 Å². The lowest BCUT2D eigenvalue weighted by Gasteiger charge is -2.32. The van der Waals surface area contributed by atoms with Crippen LogP contribution >= 0.6 is 23.2 Å². The first-order valence-electron chi connectivity index (χ1n) is 12.6. The van der Waals surface area contributed by atoms with Gasteiger partial charge in [0.1, 0.15) is 12.6 Å². The quantitative estimate of drug-likeness (QED) is 0.305. The Morgan fingerprint density at radius 3 is 2.23 bits per heavy atom. The van der Waals surface area contributed by atoms with Gasteiger partial charge in [-0.1, -0.05) is 66.5 Å². The van der Waals surface area contributed by atoms with Gasteiger partial charge in [0.15, 0.2) is 0 Å². The zero-order valence-corrected chi connectivity index (χ0v) is 24.7. The van der Waals surface area contributed by atoms with Crippen molar-refractivity contribution in [1.82, 2.24) is 10.2 Å². The van der Waals surface area contributed by atoms with Crippen LogP contribution in [0.3, 0.4) is 0 Å². The van der Waals surface area contributed by atoms with Crippen molar-refractivity contribution in [2.24, 2.45) is 0 Å². The first-order valence-corrected chi connectivity index (χ1v) is 14.8. The monoisotopic (exact) mass is 589 g/mol. The number of rotatable bonds is 11. The SMILES string of the molecule is CC[C@H](C)NC(=O)[C@H](C)N(Cc1ccc(Cl)c(Cl)c1)C(=O)CN(c1cccc(C)c1)S(=O)(=O)c1ccccc1. The van der Waals surface area contributed by atoms with Gasteiger partial charge in [-0.25, -0.2) is 8.42 Å². The van der Waals surface area contributed by atoms with E-state index in [1.165, 1.54) is 17.0 Å². The Morgan fingerprint density at radius 2 is 1.62 bits per heavy atom. The molecule has 10 heteroatoms. The molecule has 0 spiro atoms. The van der Waals surface area contributed by atoms with E-state index in [9.17, 15) is 18.0 Å². The third-order valence-corrected chi connectivity index (χ3v) is 8.93. The molecule has 208 valence electrons. The molecule has 0 fully saturated rings. The molecule has 3 rings (SSSR count). The maximum absolute atomic E-state index is 13.9. The number of hydrogen-bond acceptors (Lipinski definition) is 4. The first-order chi connectivity index (χ1) is 18.4. The summed E-state index contributed by atoms with van der Waals surface area (Å²) in [6.45, 7) is 6.80. The number of benzene rings is 3. The molecular weight excluding hydrogens is 557 g/mol. The Hall–Kier alpha value is -3.07. The van der Waals surface area contributed by atoms with Crippen molar-refractivity contribution in [2.45, 2.75) is 57.6 Å². The van der Waals surface area contributed by atoms with Crippen molar-refractivity contribution in [1.29, 1.82) is 0 Å². The molecular formula is C29H33Cl2N3O4S. The predicted octanol–water partition coefficient (Wildman–Crippen LogP) is 5.83. The van der Waals surface area contributed by atoms with E-state index in [0.29, 0.717) is 21.3 Å². The maximum atomic E-state index is 13.9. The average molecular weight is 591 g/mol. The molecule has 3 aromatic carbocycles. The minimum absolute atomic E-state index is 0.0257. The molecule has 0 saturated heterocycles. The van der Waals surface area contributed by atoms with Crippen LogP contribution in [-0.2, 0) is 26.2 Å². The topological polar surface area (TPSA) is 86.8 Å². The van der Waals surface area contributed by atoms with Gasteiger partial charge in [0, 0.05) is 12.6 Å². The highest BCUT2D eigenvalue weighted by atomic mass is 35.5. The minimum atomic E-state index is -4.11. The van der Waals surface area contributed by atoms with Gasteiger partial charge in [0.05, 0.1) is 20.6 Å². The van der Waals surface area contributed by atoms with Crippen LogP contribution in [-0.4, -0.2) is 43.8 Å². The number of carbonyl (C=O) groups is 2. The largest absolute Gasteiger partial charge is 0.352 e. The number of anilines is 1. The van der Waals surface area contributed by atoms with E-state index in [4.69, 9.17) is 23.2 Å². The van der Waals surface area contributed by atoms with E-state index in [0.717, 1.165) is 16.3 Å². The summed E-state index contributed by atoms with van der Waals surface area (Å²) in [5, 5.41) is 3.58. The normalized spacial score (nSPS) is 12.9. The second-order valence-electron chi connectivity index (χ2n) is 9.43. The number of halogens is 2. The summed E-state index contributed by atoms with van der Waals surface area (Å²) < 4.78 is 28.6. The van der Waals surface area contributed by atoms with Crippen LogP contribution in [0.2, 0.25) is 10.0 Å². The molecule has 2 amide bonds. The minimum Gasteiger partial charge on any atom is -0.352 e. The van der Waals surface area contributed by atoms with Crippen molar-refractivity contribution in [3.05, 3.63) is 94.0 Å². The van der Waals surface area contributed by atoms with Gasteiger partial charge < -0.3 is 10.2 Å². The Morgan fingerprint density at radius 1 is 0.923 bits per heavy atom. The van der Waals surface area contributed by atoms with Crippen LogP contribution in [0.25, 0.3) is 0 Å². The molecule has 0 unspecified atom stereocenters. The van der Waals surface area contributed by atoms with Gasteiger partial charge in [0.25, 0.3) is 10.0 Å². The van der Waals surface area contributed by atoms with Crippen LogP contribution in [0.5, 0.6) is 0 Å². The highest BCUT2D eigenvalue weighted by molar-refractivity contribution is 7.92. The lowest BCUT2D eigenvalue weighted by molar-refractivity contribution is -0.139. The van der Waals surface area contributed by atoms with Crippen LogP contribution < -0.4 is 9.62 Å². The van der Waals surface area contributed by atoms with Crippen LogP contribution in [0.15, 0.2) is 77.7 Å². The lowest BCUT2D eigenvalue weighted by atomic mass is 10.1. The molecule has 39 heavy (non-hydrogen) atoms. The van der Waals surface area contributed by atoms with Crippen LogP contribution in [0.4, 0.5) is 5.69 Å². The molecule has 2 atom stereocenters. The molecule has 0 heterocycles. The summed E-state index contributed by atoms with van der Waals surface area (Å²) in [6, 6.07) is 18.8. The Labute approximate surface area is 240 Å². The maximum Gasteiger partial charge on any atom is 0.264 e. The third kappa shape index (κ3) is 7.75. The third-order valence-electron chi connectivity index (χ3n) is 6.40. The molecule has 0 aliphatic heterocycles. The first kappa shape index (κ1) is 30.5. The highest BCUT2D eigenvalue weighted by Crippen LogP contribution is 2.27. The van der Waals surface area contributed by atoms with Gasteiger partial charge in [0.2, 0.25) is 11.8 Å². The van der Waals surface area contributed by atoms with E-state index in [2.05, 4.69) is 5.32 Å². The molecule has 0 radical (unpaired) electrons. The number of sulfonamides is 1. The van der Waals surface area contributed by atoms with Crippen molar-refractivity contribution in [2.75, 3.05) is 10.8 Å². The summed E-state index contributed by atoms with van der Waals surface area (Å²) in [5.41, 5.74) is 1.83. The van der Waals surface area contributed by atoms with Crippen molar-refractivity contribution >= 4 is 50.7 Å². The number of hydrogen-bond donors (Lipinski definition) is 1. The van der Waals surface area contributed by atoms with Crippen molar-refractivity contribution in [3.63, 3.8) is 0 Å². The lowest BCUT2D eigenvalue weighted by Crippen LogP contribution is -2.52. The second kappa shape index (κ2) is 13.3. The molecule has 0 aromatic heterocycles. The number of amides is 2. The van der Waals surface area contributed by atoms with Crippen LogP contribution in [0.1, 0.15) is 38.3 Å². The molecule has 0 aliphatic carbocycles. The summed E-state index contributed by atoms with van der Waals surface area (Å²) in [6.07, 6.45) is 0.718. The smallest absolute Gasteiger partial charge is 0.264 e. The molecule has 7 nitrogen and oxygen atoms in total. The summed E-state index contributed by atoms with van der Waals surface area (Å²) in [5.74, 6) is -0.889. The van der Waals surface area contributed by atoms with Gasteiger partial charge in [-0.2, -0.15) is 0 Å². The Kier molecular flexibility index (Phi) is 10.4. The standard InChI is InChI=1S/C29H33Cl2N3O4S/c1-5-21(3)32-29(36)22(4)33(18-23-14-15-26(30)27(31)17-23)28(35)19-34(24-11-9-10-20(2)16-24)39(37,38)25-12-7-6-8-13-25/h6-17,21-22H,5,18-19H2,1-4H3,(H,32,36)/t21-,22-/m0/s1.